The molecule has 5 rings (SSSR count). The van der Waals surface area contributed by atoms with Crippen LogP contribution in [0.1, 0.15) is 27.9 Å². The average molecular weight is 470 g/mol. The maximum atomic E-state index is 13.0. The van der Waals surface area contributed by atoms with Gasteiger partial charge in [-0.3, -0.25) is 9.69 Å². The number of fused-ring (bicyclic) bond motifs is 2. The number of benzene rings is 2. The summed E-state index contributed by atoms with van der Waals surface area (Å²) in [4.78, 5) is 23.1. The van der Waals surface area contributed by atoms with Gasteiger partial charge in [0.25, 0.3) is 5.91 Å². The molecule has 0 saturated carbocycles. The molecule has 1 aliphatic heterocycles. The molecule has 1 unspecified atom stereocenters. The van der Waals surface area contributed by atoms with Crippen LogP contribution in [0.25, 0.3) is 0 Å². The maximum absolute atomic E-state index is 13.0. The van der Waals surface area contributed by atoms with Gasteiger partial charge < -0.3 is 15.4 Å². The van der Waals surface area contributed by atoms with Crippen molar-refractivity contribution >= 4 is 46.4 Å². The first kappa shape index (κ1) is 21.0. The van der Waals surface area contributed by atoms with E-state index in [1.54, 1.807) is 18.2 Å². The van der Waals surface area contributed by atoms with Crippen LogP contribution < -0.4 is 20.3 Å². The fraction of sp³-hybridized carbons (Fsp3) is 0.261. The zero-order valence-corrected chi connectivity index (χ0v) is 18.9. The van der Waals surface area contributed by atoms with Crippen molar-refractivity contribution in [3.63, 3.8) is 0 Å². The third-order valence-corrected chi connectivity index (χ3v) is 6.48. The van der Waals surface area contributed by atoms with Gasteiger partial charge in [-0.25, -0.2) is 4.98 Å². The molecule has 7 nitrogen and oxygen atoms in total. The zero-order valence-electron chi connectivity index (χ0n) is 17.4. The van der Waals surface area contributed by atoms with Crippen molar-refractivity contribution < 1.29 is 9.53 Å². The highest BCUT2D eigenvalue weighted by Gasteiger charge is 2.31. The lowest BCUT2D eigenvalue weighted by molar-refractivity contribution is 0.0932. The first-order valence-electron chi connectivity index (χ1n) is 10.4. The number of carbonyl (C=O) groups excluding carboxylic acids is 1. The first-order valence-corrected chi connectivity index (χ1v) is 11.1. The summed E-state index contributed by atoms with van der Waals surface area (Å²) < 4.78 is 5.76. The van der Waals surface area contributed by atoms with Gasteiger partial charge in [-0.1, -0.05) is 35.3 Å². The van der Waals surface area contributed by atoms with Gasteiger partial charge in [0.2, 0.25) is 11.8 Å². The quantitative estimate of drug-likeness (QED) is 0.581. The summed E-state index contributed by atoms with van der Waals surface area (Å²) >= 11 is 12.5. The van der Waals surface area contributed by atoms with E-state index in [0.29, 0.717) is 27.7 Å². The van der Waals surface area contributed by atoms with Crippen LogP contribution in [0.5, 0.6) is 5.88 Å². The van der Waals surface area contributed by atoms with Gasteiger partial charge in [0.15, 0.2) is 6.73 Å². The second-order valence-corrected chi connectivity index (χ2v) is 8.64. The van der Waals surface area contributed by atoms with Crippen LogP contribution in [0, 0.1) is 0 Å². The number of hydrogen-bond acceptors (Lipinski definition) is 6. The molecule has 32 heavy (non-hydrogen) atoms. The van der Waals surface area contributed by atoms with Crippen molar-refractivity contribution in [2.45, 2.75) is 25.3 Å². The number of anilines is 3. The molecular formula is C23H21Cl2N5O2. The molecule has 2 N–H and O–H groups in total. The van der Waals surface area contributed by atoms with E-state index in [1.807, 2.05) is 13.1 Å². The first-order chi connectivity index (χ1) is 15.5. The van der Waals surface area contributed by atoms with Gasteiger partial charge >= 0.3 is 0 Å². The highest BCUT2D eigenvalue weighted by Crippen LogP contribution is 2.37. The summed E-state index contributed by atoms with van der Waals surface area (Å²) in [6.07, 6.45) is 4.66. The van der Waals surface area contributed by atoms with E-state index in [9.17, 15) is 4.79 Å². The largest absolute Gasteiger partial charge is 0.455 e. The van der Waals surface area contributed by atoms with Crippen LogP contribution in [-0.4, -0.2) is 35.7 Å². The summed E-state index contributed by atoms with van der Waals surface area (Å²) in [5, 5.41) is 7.32. The summed E-state index contributed by atoms with van der Waals surface area (Å²) in [6, 6.07) is 11.9. The molecule has 2 aromatic carbocycles. The normalized spacial score (nSPS) is 17.4. The molecule has 0 spiro atoms. The van der Waals surface area contributed by atoms with Gasteiger partial charge in [-0.05, 0) is 61.7 Å². The number of amides is 1. The summed E-state index contributed by atoms with van der Waals surface area (Å²) in [6.45, 7) is -0.0456. The van der Waals surface area contributed by atoms with Gasteiger partial charge in [0.05, 0.1) is 15.7 Å². The van der Waals surface area contributed by atoms with Crippen LogP contribution in [0.2, 0.25) is 10.0 Å². The second kappa shape index (κ2) is 8.58. The molecule has 1 amide bonds. The van der Waals surface area contributed by atoms with Crippen LogP contribution in [-0.2, 0) is 12.8 Å². The fourth-order valence-corrected chi connectivity index (χ4v) is 4.74. The number of hydrogen-bond donors (Lipinski definition) is 2. The zero-order chi connectivity index (χ0) is 22.2. The van der Waals surface area contributed by atoms with E-state index in [0.717, 1.165) is 24.9 Å². The number of halogens is 2. The Morgan fingerprint density at radius 2 is 1.97 bits per heavy atom. The van der Waals surface area contributed by atoms with E-state index >= 15 is 0 Å². The molecule has 0 bridgehead atoms. The molecule has 2 aliphatic rings. The molecule has 2 heterocycles. The van der Waals surface area contributed by atoms with Crippen molar-refractivity contribution in [2.24, 2.45) is 0 Å². The lowest BCUT2D eigenvalue weighted by atomic mass is 9.88. The number of nitrogens with zero attached hydrogens (tertiary/aromatic N) is 3. The highest BCUT2D eigenvalue weighted by molar-refractivity contribution is 6.40. The lowest BCUT2D eigenvalue weighted by Crippen LogP contribution is -2.39. The Kier molecular flexibility index (Phi) is 5.63. The second-order valence-electron chi connectivity index (χ2n) is 7.83. The number of nitrogens with one attached hydrogen (secondary N) is 2. The van der Waals surface area contributed by atoms with E-state index in [-0.39, 0.29) is 24.1 Å². The Balaban J connectivity index is 1.37. The summed E-state index contributed by atoms with van der Waals surface area (Å²) in [5.41, 5.74) is 4.24. The Bertz CT molecular complexity index is 1180. The minimum atomic E-state index is -0.320. The van der Waals surface area contributed by atoms with Crippen molar-refractivity contribution in [3.8, 4) is 5.88 Å². The Morgan fingerprint density at radius 3 is 2.75 bits per heavy atom. The number of likely N-dealkylation sites (N-methyl/N-ethyl adjacent to an activating group) is 1. The average Bonchev–Trinajstić information content (AvgIpc) is 2.80. The molecule has 9 heteroatoms. The predicted octanol–water partition coefficient (Wildman–Crippen LogP) is 4.60. The smallest absolute Gasteiger partial charge is 0.268 e. The topological polar surface area (TPSA) is 79.4 Å². The van der Waals surface area contributed by atoms with Gasteiger partial charge in [0, 0.05) is 17.9 Å². The van der Waals surface area contributed by atoms with E-state index in [1.165, 1.54) is 22.2 Å². The molecule has 164 valence electrons. The standard InChI is InChI=1S/C23H21Cl2N5O2/c1-26-15-7-5-13-6-8-16(10-14(13)9-15)28-23-27-11-17-21(29-23)32-12-30(22(17)31)20-18(24)3-2-4-19(20)25/h2-4,6,8,10-11,15,26H,5,7,9,12H2,1H3,(H,27,28,29). The number of carbonyl (C=O) groups is 1. The third kappa shape index (κ3) is 3.88. The molecular weight excluding hydrogens is 449 g/mol. The SMILES string of the molecule is CNC1CCc2ccc(Nc3ncc4c(n3)OCN(c3c(Cl)cccc3Cl)C4=O)cc2C1. The van der Waals surface area contributed by atoms with Crippen LogP contribution in [0.4, 0.5) is 17.3 Å². The monoisotopic (exact) mass is 469 g/mol. The molecule has 3 aromatic rings. The maximum Gasteiger partial charge on any atom is 0.268 e. The molecule has 0 saturated heterocycles. The van der Waals surface area contributed by atoms with Crippen LogP contribution in [0.15, 0.2) is 42.6 Å². The Morgan fingerprint density at radius 1 is 1.16 bits per heavy atom. The Hall–Kier alpha value is -2.87. The third-order valence-electron chi connectivity index (χ3n) is 5.87. The molecule has 0 fully saturated rings. The lowest BCUT2D eigenvalue weighted by Gasteiger charge is -2.29. The minimum absolute atomic E-state index is 0.0456. The number of rotatable bonds is 4. The van der Waals surface area contributed by atoms with E-state index in [2.05, 4.69) is 32.7 Å². The van der Waals surface area contributed by atoms with Crippen molar-refractivity contribution in [1.82, 2.24) is 15.3 Å². The summed E-state index contributed by atoms with van der Waals surface area (Å²) in [7, 11) is 2.00. The number of aryl methyl sites for hydroxylation is 1. The Labute approximate surface area is 195 Å². The van der Waals surface area contributed by atoms with Gasteiger partial charge in [-0.2, -0.15) is 4.98 Å². The number of para-hydroxylation sites is 1. The van der Waals surface area contributed by atoms with Crippen LogP contribution >= 0.6 is 23.2 Å². The molecule has 0 radical (unpaired) electrons. The molecule has 1 aromatic heterocycles. The minimum Gasteiger partial charge on any atom is -0.455 e. The highest BCUT2D eigenvalue weighted by atomic mass is 35.5. The van der Waals surface area contributed by atoms with Crippen molar-refractivity contribution in [3.05, 3.63) is 69.3 Å². The predicted molar refractivity (Wildman–Crippen MR) is 125 cm³/mol. The number of ether oxygens (including phenoxy) is 1. The van der Waals surface area contributed by atoms with E-state index in [4.69, 9.17) is 27.9 Å². The summed E-state index contributed by atoms with van der Waals surface area (Å²) in [5.74, 6) is 0.265. The van der Waals surface area contributed by atoms with Crippen LogP contribution in [0.3, 0.4) is 0 Å². The van der Waals surface area contributed by atoms with Gasteiger partial charge in [0.1, 0.15) is 5.56 Å². The molecule has 1 atom stereocenters. The fourth-order valence-electron chi connectivity index (χ4n) is 4.14. The van der Waals surface area contributed by atoms with Crippen molar-refractivity contribution in [1.29, 1.82) is 0 Å². The molecule has 1 aliphatic carbocycles. The van der Waals surface area contributed by atoms with Gasteiger partial charge in [-0.15, -0.1) is 0 Å². The van der Waals surface area contributed by atoms with Crippen molar-refractivity contribution in [2.75, 3.05) is 24.0 Å². The van der Waals surface area contributed by atoms with E-state index < -0.39 is 0 Å². The number of aromatic nitrogens is 2.